The zero-order valence-corrected chi connectivity index (χ0v) is 10.1. The van der Waals surface area contributed by atoms with Crippen LogP contribution < -0.4 is 5.32 Å². The molecule has 0 atom stereocenters. The standard InChI is InChI=1S/C9H17NO4S/c1-9(2,3)14-8(12)10-6-7(11)13-4-5-15/h15H,4-6H2,1-3H3,(H,10,12). The number of rotatable bonds is 4. The molecule has 0 aliphatic rings. The van der Waals surface area contributed by atoms with Crippen LogP contribution in [0.2, 0.25) is 0 Å². The summed E-state index contributed by atoms with van der Waals surface area (Å²) < 4.78 is 9.61. The van der Waals surface area contributed by atoms with Gasteiger partial charge in [-0.3, -0.25) is 4.79 Å². The fourth-order valence-electron chi connectivity index (χ4n) is 0.669. The predicted molar refractivity (Wildman–Crippen MR) is 59.0 cm³/mol. The molecule has 0 aromatic heterocycles. The van der Waals surface area contributed by atoms with E-state index in [1.54, 1.807) is 20.8 Å². The number of alkyl carbamates (subject to hydrolysis) is 1. The van der Waals surface area contributed by atoms with Crippen molar-refractivity contribution in [2.24, 2.45) is 0 Å². The van der Waals surface area contributed by atoms with Crippen molar-refractivity contribution in [1.29, 1.82) is 0 Å². The Balaban J connectivity index is 3.67. The quantitative estimate of drug-likeness (QED) is 0.563. The number of hydrogen-bond acceptors (Lipinski definition) is 5. The van der Waals surface area contributed by atoms with Crippen molar-refractivity contribution in [2.45, 2.75) is 26.4 Å². The van der Waals surface area contributed by atoms with E-state index < -0.39 is 17.7 Å². The first-order valence-electron chi connectivity index (χ1n) is 4.58. The zero-order chi connectivity index (χ0) is 11.9. The third-order valence-electron chi connectivity index (χ3n) is 1.13. The SMILES string of the molecule is CC(C)(C)OC(=O)NCC(=O)OCCS. The first-order valence-corrected chi connectivity index (χ1v) is 5.22. The van der Waals surface area contributed by atoms with Gasteiger partial charge < -0.3 is 14.8 Å². The lowest BCUT2D eigenvalue weighted by Gasteiger charge is -2.19. The van der Waals surface area contributed by atoms with Crippen LogP contribution in [0.3, 0.4) is 0 Å². The lowest BCUT2D eigenvalue weighted by atomic mass is 10.2. The second-order valence-electron chi connectivity index (χ2n) is 3.80. The molecule has 1 N–H and O–H groups in total. The van der Waals surface area contributed by atoms with Gasteiger partial charge in [0.1, 0.15) is 18.8 Å². The maximum Gasteiger partial charge on any atom is 0.408 e. The van der Waals surface area contributed by atoms with Gasteiger partial charge in [-0.25, -0.2) is 4.79 Å². The van der Waals surface area contributed by atoms with E-state index in [0.717, 1.165) is 0 Å². The molecule has 0 fully saturated rings. The molecule has 5 nitrogen and oxygen atoms in total. The number of esters is 1. The van der Waals surface area contributed by atoms with Crippen LogP contribution in [0, 0.1) is 0 Å². The third-order valence-corrected chi connectivity index (χ3v) is 1.31. The lowest BCUT2D eigenvalue weighted by Crippen LogP contribution is -2.36. The highest BCUT2D eigenvalue weighted by molar-refractivity contribution is 7.80. The van der Waals surface area contributed by atoms with E-state index in [4.69, 9.17) is 4.74 Å². The van der Waals surface area contributed by atoms with Crippen molar-refractivity contribution in [1.82, 2.24) is 5.32 Å². The minimum atomic E-state index is -0.634. The van der Waals surface area contributed by atoms with Crippen molar-refractivity contribution in [3.63, 3.8) is 0 Å². The van der Waals surface area contributed by atoms with Crippen LogP contribution in [0.5, 0.6) is 0 Å². The summed E-state index contributed by atoms with van der Waals surface area (Å²) in [5.74, 6) is -0.0482. The number of carbonyl (C=O) groups excluding carboxylic acids is 2. The van der Waals surface area contributed by atoms with Crippen molar-refractivity contribution in [3.05, 3.63) is 0 Å². The van der Waals surface area contributed by atoms with E-state index >= 15 is 0 Å². The number of amides is 1. The Morgan fingerprint density at radius 1 is 1.33 bits per heavy atom. The van der Waals surface area contributed by atoms with E-state index in [-0.39, 0.29) is 13.2 Å². The summed E-state index contributed by atoms with van der Waals surface area (Å²) in [6, 6.07) is 0. The molecule has 0 saturated carbocycles. The van der Waals surface area contributed by atoms with Crippen LogP contribution >= 0.6 is 12.6 Å². The summed E-state index contributed by atoms with van der Waals surface area (Å²) in [6.07, 6.45) is -0.634. The topological polar surface area (TPSA) is 64.6 Å². The van der Waals surface area contributed by atoms with Crippen LogP contribution in [0.1, 0.15) is 20.8 Å². The minimum absolute atomic E-state index is 0.192. The van der Waals surface area contributed by atoms with Crippen molar-refractivity contribution in [2.75, 3.05) is 18.9 Å². The summed E-state index contributed by atoms with van der Waals surface area (Å²) in [4.78, 5) is 22.0. The van der Waals surface area contributed by atoms with Gasteiger partial charge in [0, 0.05) is 5.75 Å². The fraction of sp³-hybridized carbons (Fsp3) is 0.778. The maximum atomic E-state index is 11.1. The Morgan fingerprint density at radius 2 is 1.93 bits per heavy atom. The fourth-order valence-corrected chi connectivity index (χ4v) is 0.760. The number of carbonyl (C=O) groups is 2. The highest BCUT2D eigenvalue weighted by Crippen LogP contribution is 2.05. The number of nitrogens with one attached hydrogen (secondary N) is 1. The lowest BCUT2D eigenvalue weighted by molar-refractivity contribution is -0.141. The largest absolute Gasteiger partial charge is 0.464 e. The van der Waals surface area contributed by atoms with Crippen LogP contribution in [-0.4, -0.2) is 36.6 Å². The molecule has 0 aromatic rings. The molecule has 0 aliphatic heterocycles. The first kappa shape index (κ1) is 14.1. The molecule has 0 radical (unpaired) electrons. The van der Waals surface area contributed by atoms with E-state index in [9.17, 15) is 9.59 Å². The van der Waals surface area contributed by atoms with Crippen molar-refractivity contribution >= 4 is 24.7 Å². The van der Waals surface area contributed by atoms with E-state index in [1.165, 1.54) is 0 Å². The van der Waals surface area contributed by atoms with Gasteiger partial charge >= 0.3 is 12.1 Å². The molecular formula is C9H17NO4S. The minimum Gasteiger partial charge on any atom is -0.464 e. The second kappa shape index (κ2) is 6.55. The molecule has 0 bridgehead atoms. The average Bonchev–Trinajstić information content (AvgIpc) is 2.08. The summed E-state index contributed by atoms with van der Waals surface area (Å²) in [5.41, 5.74) is -0.570. The van der Waals surface area contributed by atoms with Crippen molar-refractivity contribution in [3.8, 4) is 0 Å². The molecule has 0 heterocycles. The first-order chi connectivity index (χ1) is 6.85. The molecule has 88 valence electrons. The Bertz CT molecular complexity index is 225. The molecule has 0 unspecified atom stereocenters. The second-order valence-corrected chi connectivity index (χ2v) is 4.25. The molecular weight excluding hydrogens is 218 g/mol. The maximum absolute atomic E-state index is 11.1. The van der Waals surface area contributed by atoms with Gasteiger partial charge in [0.2, 0.25) is 0 Å². The van der Waals surface area contributed by atoms with Gasteiger partial charge in [-0.15, -0.1) is 0 Å². The molecule has 15 heavy (non-hydrogen) atoms. The Morgan fingerprint density at radius 3 is 2.40 bits per heavy atom. The van der Waals surface area contributed by atoms with E-state index in [1.807, 2.05) is 0 Å². The smallest absolute Gasteiger partial charge is 0.408 e. The Hall–Kier alpha value is -0.910. The zero-order valence-electron chi connectivity index (χ0n) is 9.20. The van der Waals surface area contributed by atoms with Gasteiger partial charge in [-0.05, 0) is 20.8 Å². The summed E-state index contributed by atoms with van der Waals surface area (Å²) in [7, 11) is 0. The third kappa shape index (κ3) is 9.40. The normalized spacial score (nSPS) is 10.7. The molecule has 0 aliphatic carbocycles. The number of thiol groups is 1. The Labute approximate surface area is 94.9 Å². The van der Waals surface area contributed by atoms with Gasteiger partial charge in [-0.2, -0.15) is 12.6 Å². The average molecular weight is 235 g/mol. The predicted octanol–water partition coefficient (Wildman–Crippen LogP) is 0.984. The van der Waals surface area contributed by atoms with E-state index in [0.29, 0.717) is 5.75 Å². The highest BCUT2D eigenvalue weighted by Gasteiger charge is 2.16. The molecule has 0 rings (SSSR count). The highest BCUT2D eigenvalue weighted by atomic mass is 32.1. The number of hydrogen-bond donors (Lipinski definition) is 2. The van der Waals surface area contributed by atoms with Gasteiger partial charge in [0.25, 0.3) is 0 Å². The molecule has 1 amide bonds. The molecule has 6 heteroatoms. The molecule has 0 saturated heterocycles. The van der Waals surface area contributed by atoms with Gasteiger partial charge in [0.15, 0.2) is 0 Å². The van der Waals surface area contributed by atoms with Crippen molar-refractivity contribution < 1.29 is 19.1 Å². The van der Waals surface area contributed by atoms with Gasteiger partial charge in [-0.1, -0.05) is 0 Å². The van der Waals surface area contributed by atoms with Crippen LogP contribution in [0.4, 0.5) is 4.79 Å². The number of ether oxygens (including phenoxy) is 2. The summed E-state index contributed by atoms with van der Waals surface area (Å²) in [5, 5.41) is 2.29. The van der Waals surface area contributed by atoms with E-state index in [2.05, 4.69) is 22.7 Å². The Kier molecular flexibility index (Phi) is 6.15. The van der Waals surface area contributed by atoms with Gasteiger partial charge in [0.05, 0.1) is 0 Å². The van der Waals surface area contributed by atoms with Crippen LogP contribution in [0.15, 0.2) is 0 Å². The van der Waals surface area contributed by atoms with Crippen LogP contribution in [0.25, 0.3) is 0 Å². The molecule has 0 spiro atoms. The summed E-state index contributed by atoms with van der Waals surface area (Å²) in [6.45, 7) is 5.27. The summed E-state index contributed by atoms with van der Waals surface area (Å²) >= 11 is 3.87. The monoisotopic (exact) mass is 235 g/mol. The van der Waals surface area contributed by atoms with Crippen LogP contribution in [-0.2, 0) is 14.3 Å². The molecule has 0 aromatic carbocycles.